The summed E-state index contributed by atoms with van der Waals surface area (Å²) >= 11 is 7.84. The molecule has 2 amide bonds. The van der Waals surface area contributed by atoms with Gasteiger partial charge in [-0.05, 0) is 35.9 Å². The van der Waals surface area contributed by atoms with E-state index in [0.717, 1.165) is 11.6 Å². The van der Waals surface area contributed by atoms with E-state index in [2.05, 4.69) is 10.3 Å². The number of nitrogens with zero attached hydrogens (tertiary/aromatic N) is 4. The molecule has 1 atom stereocenters. The Morgan fingerprint density at radius 3 is 2.49 bits per heavy atom. The van der Waals surface area contributed by atoms with Crippen molar-refractivity contribution in [2.75, 3.05) is 17.2 Å². The van der Waals surface area contributed by atoms with Crippen LogP contribution >= 0.6 is 23.4 Å². The molecular formula is C32H24ClF2N5O2S. The van der Waals surface area contributed by atoms with E-state index in [1.54, 1.807) is 48.8 Å². The van der Waals surface area contributed by atoms with Gasteiger partial charge in [0.2, 0.25) is 11.8 Å². The minimum atomic E-state index is -0.754. The number of rotatable bonds is 7. The molecule has 2 aromatic heterocycles. The third kappa shape index (κ3) is 5.89. The van der Waals surface area contributed by atoms with Gasteiger partial charge in [0, 0.05) is 41.7 Å². The number of benzene rings is 3. The van der Waals surface area contributed by atoms with E-state index in [-0.39, 0.29) is 36.1 Å². The molecule has 6 rings (SSSR count). The smallest absolute Gasteiger partial charge is 0.240 e. The van der Waals surface area contributed by atoms with E-state index in [9.17, 15) is 14.0 Å². The van der Waals surface area contributed by atoms with Crippen molar-refractivity contribution in [1.82, 2.24) is 20.1 Å². The van der Waals surface area contributed by atoms with Crippen LogP contribution in [0, 0.1) is 11.6 Å². The molecule has 3 aromatic carbocycles. The topological polar surface area (TPSA) is 80.1 Å². The van der Waals surface area contributed by atoms with Crippen molar-refractivity contribution in [3.8, 4) is 16.9 Å². The zero-order valence-corrected chi connectivity index (χ0v) is 24.2. The van der Waals surface area contributed by atoms with Crippen molar-refractivity contribution >= 4 is 41.0 Å². The van der Waals surface area contributed by atoms with Crippen LogP contribution in [0.1, 0.15) is 21.9 Å². The third-order valence-corrected chi connectivity index (χ3v) is 8.56. The van der Waals surface area contributed by atoms with Gasteiger partial charge in [-0.1, -0.05) is 60.1 Å². The number of para-hydroxylation sites is 1. The molecule has 1 aliphatic rings. The number of fused-ring (bicyclic) bond motifs is 1. The fourth-order valence-corrected chi connectivity index (χ4v) is 6.42. The van der Waals surface area contributed by atoms with Gasteiger partial charge < -0.3 is 5.32 Å². The highest BCUT2D eigenvalue weighted by Gasteiger charge is 2.38. The molecule has 7 nitrogen and oxygen atoms in total. The number of hydrogen-bond acceptors (Lipinski definition) is 5. The van der Waals surface area contributed by atoms with E-state index >= 15 is 4.39 Å². The normalized spacial score (nSPS) is 14.7. The summed E-state index contributed by atoms with van der Waals surface area (Å²) in [5, 5.41) is 7.40. The predicted molar refractivity (Wildman–Crippen MR) is 163 cm³/mol. The Morgan fingerprint density at radius 1 is 1.00 bits per heavy atom. The van der Waals surface area contributed by atoms with E-state index in [1.165, 1.54) is 33.5 Å². The maximum Gasteiger partial charge on any atom is 0.240 e. The maximum atomic E-state index is 15.4. The van der Waals surface area contributed by atoms with E-state index in [1.807, 2.05) is 30.3 Å². The Balaban J connectivity index is 1.54. The molecule has 0 aliphatic carbocycles. The van der Waals surface area contributed by atoms with Gasteiger partial charge in [0.1, 0.15) is 24.0 Å². The Bertz CT molecular complexity index is 1800. The number of carbonyl (C=O) groups excluding carboxylic acids is 2. The number of hydrogen-bond donors (Lipinski definition) is 1. The van der Waals surface area contributed by atoms with Gasteiger partial charge in [0.05, 0.1) is 27.4 Å². The lowest BCUT2D eigenvalue weighted by Crippen LogP contribution is -2.42. The largest absolute Gasteiger partial charge is 0.350 e. The summed E-state index contributed by atoms with van der Waals surface area (Å²) in [4.78, 5) is 32.5. The van der Waals surface area contributed by atoms with Crippen LogP contribution in [0.15, 0.2) is 97.3 Å². The van der Waals surface area contributed by atoms with Crippen LogP contribution in [0.5, 0.6) is 0 Å². The fraction of sp³-hybridized carbons (Fsp3) is 0.125. The van der Waals surface area contributed by atoms with Crippen LogP contribution in [0.4, 0.5) is 14.6 Å². The molecule has 216 valence electrons. The summed E-state index contributed by atoms with van der Waals surface area (Å²) in [6, 6.07) is 23.3. The Hall–Kier alpha value is -4.54. The SMILES string of the molecule is O=C(CN1C(=O)CSC(c2ccc(F)cc2F)c2c(-c3ccccc3)nn(-c3ccccc3Cl)c21)NCc1ccncc1. The summed E-state index contributed by atoms with van der Waals surface area (Å²) in [5.74, 6) is -2.01. The van der Waals surface area contributed by atoms with E-state index < -0.39 is 22.8 Å². The van der Waals surface area contributed by atoms with Crippen LogP contribution in [0.2, 0.25) is 5.02 Å². The Labute approximate surface area is 255 Å². The zero-order chi connectivity index (χ0) is 29.9. The monoisotopic (exact) mass is 615 g/mol. The average Bonchev–Trinajstić information content (AvgIpc) is 3.34. The second kappa shape index (κ2) is 12.4. The molecular weight excluding hydrogens is 592 g/mol. The molecule has 5 aromatic rings. The predicted octanol–water partition coefficient (Wildman–Crippen LogP) is 6.35. The van der Waals surface area contributed by atoms with Crippen molar-refractivity contribution in [3.05, 3.63) is 131 Å². The molecule has 0 bridgehead atoms. The number of aromatic nitrogens is 3. The number of halogens is 3. The molecule has 1 unspecified atom stereocenters. The van der Waals surface area contributed by atoms with Crippen molar-refractivity contribution in [3.63, 3.8) is 0 Å². The number of amides is 2. The van der Waals surface area contributed by atoms with E-state index in [4.69, 9.17) is 16.7 Å². The molecule has 0 spiro atoms. The summed E-state index contributed by atoms with van der Waals surface area (Å²) < 4.78 is 30.9. The minimum absolute atomic E-state index is 0.0649. The molecule has 1 aliphatic heterocycles. The molecule has 1 N–H and O–H groups in total. The molecule has 11 heteroatoms. The summed E-state index contributed by atoms with van der Waals surface area (Å²) in [6.45, 7) is -0.0755. The molecule has 0 fully saturated rings. The standard InChI is InChI=1S/C32H24ClF2N5O2S/c33-24-8-4-5-9-26(24)40-32-29(30(38-40)21-6-2-1-3-7-21)31(23-11-10-22(34)16-25(23)35)43-19-28(42)39(32)18-27(41)37-17-20-12-14-36-15-13-20/h1-16,31H,17-19H2,(H,37,41). The van der Waals surface area contributed by atoms with Gasteiger partial charge in [-0.15, -0.1) is 11.8 Å². The first kappa shape index (κ1) is 28.6. The lowest BCUT2D eigenvalue weighted by molar-refractivity contribution is -0.123. The van der Waals surface area contributed by atoms with Crippen molar-refractivity contribution in [2.45, 2.75) is 11.8 Å². The third-order valence-electron chi connectivity index (χ3n) is 7.00. The zero-order valence-electron chi connectivity index (χ0n) is 22.6. The fourth-order valence-electron chi connectivity index (χ4n) is 4.98. The Kier molecular flexibility index (Phi) is 8.22. The first-order valence-corrected chi connectivity index (χ1v) is 14.8. The van der Waals surface area contributed by atoms with Gasteiger partial charge in [-0.3, -0.25) is 19.5 Å². The number of nitrogens with one attached hydrogen (secondary N) is 1. The second-order valence-electron chi connectivity index (χ2n) is 9.78. The maximum absolute atomic E-state index is 15.4. The van der Waals surface area contributed by atoms with Gasteiger partial charge >= 0.3 is 0 Å². The molecule has 3 heterocycles. The number of thioether (sulfide) groups is 1. The second-order valence-corrected chi connectivity index (χ2v) is 11.3. The highest BCUT2D eigenvalue weighted by Crippen LogP contribution is 2.49. The van der Waals surface area contributed by atoms with Gasteiger partial charge in [-0.2, -0.15) is 5.10 Å². The Morgan fingerprint density at radius 2 is 1.74 bits per heavy atom. The number of pyridine rings is 1. The van der Waals surface area contributed by atoms with Crippen LogP contribution in [0.3, 0.4) is 0 Å². The molecule has 43 heavy (non-hydrogen) atoms. The van der Waals surface area contributed by atoms with Gasteiger partial charge in [0.25, 0.3) is 0 Å². The highest BCUT2D eigenvalue weighted by atomic mass is 35.5. The van der Waals surface area contributed by atoms with Crippen molar-refractivity contribution < 1.29 is 18.4 Å². The lowest BCUT2D eigenvalue weighted by atomic mass is 9.99. The first-order valence-electron chi connectivity index (χ1n) is 13.4. The molecule has 0 radical (unpaired) electrons. The van der Waals surface area contributed by atoms with Crippen molar-refractivity contribution in [2.24, 2.45) is 0 Å². The lowest BCUT2D eigenvalue weighted by Gasteiger charge is -2.23. The number of anilines is 1. The number of carbonyl (C=O) groups is 2. The summed E-state index contributed by atoms with van der Waals surface area (Å²) in [5.41, 5.74) is 3.22. The van der Waals surface area contributed by atoms with Gasteiger partial charge in [-0.25, -0.2) is 13.5 Å². The van der Waals surface area contributed by atoms with Crippen LogP contribution in [-0.4, -0.2) is 38.9 Å². The first-order chi connectivity index (χ1) is 20.9. The highest BCUT2D eigenvalue weighted by molar-refractivity contribution is 8.00. The molecule has 0 saturated carbocycles. The summed E-state index contributed by atoms with van der Waals surface area (Å²) in [7, 11) is 0. The van der Waals surface area contributed by atoms with Crippen molar-refractivity contribution in [1.29, 1.82) is 0 Å². The van der Waals surface area contributed by atoms with Crippen LogP contribution in [-0.2, 0) is 16.1 Å². The summed E-state index contributed by atoms with van der Waals surface area (Å²) in [6.07, 6.45) is 3.26. The van der Waals surface area contributed by atoms with Crippen LogP contribution < -0.4 is 10.2 Å². The quantitative estimate of drug-likeness (QED) is 0.231. The average molecular weight is 616 g/mol. The molecule has 0 saturated heterocycles. The van der Waals surface area contributed by atoms with Crippen LogP contribution in [0.25, 0.3) is 16.9 Å². The minimum Gasteiger partial charge on any atom is -0.350 e. The van der Waals surface area contributed by atoms with Gasteiger partial charge in [0.15, 0.2) is 0 Å². The van der Waals surface area contributed by atoms with E-state index in [0.29, 0.717) is 27.5 Å².